The molecule has 0 atom stereocenters. The summed E-state index contributed by atoms with van der Waals surface area (Å²) in [6, 6.07) is 7.67. The first-order chi connectivity index (χ1) is 9.92. The highest BCUT2D eigenvalue weighted by molar-refractivity contribution is 9.10. The Morgan fingerprint density at radius 1 is 1.24 bits per heavy atom. The van der Waals surface area contributed by atoms with Gasteiger partial charge in [0.25, 0.3) is 5.91 Å². The van der Waals surface area contributed by atoms with E-state index in [0.717, 1.165) is 22.9 Å². The van der Waals surface area contributed by atoms with E-state index in [0.29, 0.717) is 18.6 Å². The predicted octanol–water partition coefficient (Wildman–Crippen LogP) is 3.62. The molecule has 0 aliphatic heterocycles. The van der Waals surface area contributed by atoms with Gasteiger partial charge in [-0.3, -0.25) is 4.79 Å². The average Bonchev–Trinajstić information content (AvgIpc) is 2.45. The van der Waals surface area contributed by atoms with E-state index in [4.69, 9.17) is 0 Å². The molecule has 0 radical (unpaired) electrons. The maximum Gasteiger partial charge on any atom is 0.271 e. The third kappa shape index (κ3) is 5.25. The second-order valence-corrected chi connectivity index (χ2v) is 6.09. The summed E-state index contributed by atoms with van der Waals surface area (Å²) in [7, 11) is 0. The number of nitrogens with one attached hydrogen (secondary N) is 1. The number of rotatable bonds is 7. The maximum absolute atomic E-state index is 12.2. The molecule has 0 saturated carbocycles. The van der Waals surface area contributed by atoms with E-state index >= 15 is 0 Å². The number of hydrogen-bond acceptors (Lipinski definition) is 3. The van der Waals surface area contributed by atoms with Gasteiger partial charge in [-0.05, 0) is 37.5 Å². The first-order valence-corrected chi connectivity index (χ1v) is 8.05. The summed E-state index contributed by atoms with van der Waals surface area (Å²) in [6.45, 7) is 5.72. The molecular formula is C16H23BrN2O2. The highest BCUT2D eigenvalue weighted by Crippen LogP contribution is 2.19. The number of carbonyl (C=O) groups is 1. The zero-order chi connectivity index (χ0) is 15.9. The van der Waals surface area contributed by atoms with Gasteiger partial charge in [0.05, 0.1) is 5.71 Å². The number of amides is 1. The van der Waals surface area contributed by atoms with Crippen LogP contribution in [0.25, 0.3) is 0 Å². The SMILES string of the molecule is CCCC(O)(CCC)C(=O)N/N=C(\C)c1ccc(Br)cc1. The van der Waals surface area contributed by atoms with Gasteiger partial charge in [-0.15, -0.1) is 0 Å². The lowest BCUT2D eigenvalue weighted by molar-refractivity contribution is -0.141. The molecule has 0 fully saturated rings. The van der Waals surface area contributed by atoms with Gasteiger partial charge in [0, 0.05) is 4.47 Å². The van der Waals surface area contributed by atoms with E-state index in [2.05, 4.69) is 26.5 Å². The molecule has 2 N–H and O–H groups in total. The van der Waals surface area contributed by atoms with Crippen molar-refractivity contribution >= 4 is 27.5 Å². The van der Waals surface area contributed by atoms with Crippen molar-refractivity contribution in [3.05, 3.63) is 34.3 Å². The van der Waals surface area contributed by atoms with Crippen LogP contribution in [0.2, 0.25) is 0 Å². The fraction of sp³-hybridized carbons (Fsp3) is 0.500. The molecule has 0 spiro atoms. The van der Waals surface area contributed by atoms with E-state index in [1.165, 1.54) is 0 Å². The van der Waals surface area contributed by atoms with Crippen molar-refractivity contribution in [3.8, 4) is 0 Å². The minimum Gasteiger partial charge on any atom is -0.380 e. The third-order valence-electron chi connectivity index (χ3n) is 3.34. The molecule has 0 aromatic heterocycles. The Labute approximate surface area is 134 Å². The lowest BCUT2D eigenvalue weighted by atomic mass is 9.92. The topological polar surface area (TPSA) is 61.7 Å². The van der Waals surface area contributed by atoms with E-state index in [-0.39, 0.29) is 0 Å². The zero-order valence-corrected chi connectivity index (χ0v) is 14.4. The second kappa shape index (κ2) is 8.29. The van der Waals surface area contributed by atoms with Gasteiger partial charge in [0.2, 0.25) is 0 Å². The quantitative estimate of drug-likeness (QED) is 0.580. The second-order valence-electron chi connectivity index (χ2n) is 5.18. The summed E-state index contributed by atoms with van der Waals surface area (Å²) < 4.78 is 0.989. The van der Waals surface area contributed by atoms with Gasteiger partial charge in [0.15, 0.2) is 0 Å². The Balaban J connectivity index is 2.77. The summed E-state index contributed by atoms with van der Waals surface area (Å²) in [5.41, 5.74) is 2.79. The first kappa shape index (κ1) is 17.9. The van der Waals surface area contributed by atoms with Gasteiger partial charge < -0.3 is 5.11 Å². The Morgan fingerprint density at radius 3 is 2.24 bits per heavy atom. The van der Waals surface area contributed by atoms with E-state index in [9.17, 15) is 9.90 Å². The van der Waals surface area contributed by atoms with Gasteiger partial charge in [-0.1, -0.05) is 54.8 Å². The van der Waals surface area contributed by atoms with Crippen LogP contribution in [-0.4, -0.2) is 22.3 Å². The molecule has 1 rings (SSSR count). The molecule has 4 nitrogen and oxygen atoms in total. The maximum atomic E-state index is 12.2. The fourth-order valence-corrected chi connectivity index (χ4v) is 2.44. The smallest absolute Gasteiger partial charge is 0.271 e. The standard InChI is InChI=1S/C16H23BrN2O2/c1-4-10-16(21,11-5-2)15(20)19-18-12(3)13-6-8-14(17)9-7-13/h6-9,21H,4-5,10-11H2,1-3H3,(H,19,20)/b18-12+. The van der Waals surface area contributed by atoms with Crippen molar-refractivity contribution in [2.75, 3.05) is 0 Å². The first-order valence-electron chi connectivity index (χ1n) is 7.26. The van der Waals surface area contributed by atoms with E-state index in [1.54, 1.807) is 0 Å². The van der Waals surface area contributed by atoms with E-state index in [1.807, 2.05) is 45.0 Å². The molecule has 1 aromatic carbocycles. The minimum absolute atomic E-state index is 0.428. The number of nitrogens with zero attached hydrogens (tertiary/aromatic N) is 1. The van der Waals surface area contributed by atoms with Crippen molar-refractivity contribution in [2.24, 2.45) is 5.10 Å². The van der Waals surface area contributed by atoms with Crippen LogP contribution < -0.4 is 5.43 Å². The minimum atomic E-state index is -1.33. The number of carbonyl (C=O) groups excluding carboxylic acids is 1. The van der Waals surface area contributed by atoms with Gasteiger partial charge in [-0.25, -0.2) is 5.43 Å². The molecular weight excluding hydrogens is 332 g/mol. The Morgan fingerprint density at radius 2 is 1.76 bits per heavy atom. The summed E-state index contributed by atoms with van der Waals surface area (Å²) in [5.74, 6) is -0.428. The third-order valence-corrected chi connectivity index (χ3v) is 3.87. The molecule has 0 aliphatic carbocycles. The van der Waals surface area contributed by atoms with Crippen molar-refractivity contribution in [2.45, 2.75) is 52.1 Å². The molecule has 0 saturated heterocycles. The molecule has 0 bridgehead atoms. The fourth-order valence-electron chi connectivity index (χ4n) is 2.17. The monoisotopic (exact) mass is 354 g/mol. The Hall–Kier alpha value is -1.20. The molecule has 1 amide bonds. The highest BCUT2D eigenvalue weighted by Gasteiger charge is 2.33. The van der Waals surface area contributed by atoms with Crippen molar-refractivity contribution in [3.63, 3.8) is 0 Å². The number of hydrogen-bond donors (Lipinski definition) is 2. The molecule has 0 unspecified atom stereocenters. The van der Waals surface area contributed by atoms with Crippen LogP contribution in [0.3, 0.4) is 0 Å². The molecule has 21 heavy (non-hydrogen) atoms. The lowest BCUT2D eigenvalue weighted by Crippen LogP contribution is -2.45. The van der Waals surface area contributed by atoms with Crippen molar-refractivity contribution < 1.29 is 9.90 Å². The molecule has 5 heteroatoms. The molecule has 116 valence electrons. The number of benzene rings is 1. The number of aliphatic hydroxyl groups is 1. The van der Waals surface area contributed by atoms with Gasteiger partial charge >= 0.3 is 0 Å². The van der Waals surface area contributed by atoms with Crippen LogP contribution in [0.4, 0.5) is 0 Å². The van der Waals surface area contributed by atoms with Crippen LogP contribution in [0.15, 0.2) is 33.8 Å². The van der Waals surface area contributed by atoms with Crippen molar-refractivity contribution in [1.82, 2.24) is 5.43 Å². The lowest BCUT2D eigenvalue weighted by Gasteiger charge is -2.24. The largest absolute Gasteiger partial charge is 0.380 e. The average molecular weight is 355 g/mol. The van der Waals surface area contributed by atoms with Crippen molar-refractivity contribution in [1.29, 1.82) is 0 Å². The van der Waals surface area contributed by atoms with Crippen LogP contribution in [0, 0.1) is 0 Å². The van der Waals surface area contributed by atoms with Crippen LogP contribution in [0.1, 0.15) is 52.0 Å². The number of halogens is 1. The molecule has 0 heterocycles. The highest BCUT2D eigenvalue weighted by atomic mass is 79.9. The summed E-state index contributed by atoms with van der Waals surface area (Å²) in [5, 5.41) is 14.5. The Kier molecular flexibility index (Phi) is 7.05. The predicted molar refractivity (Wildman–Crippen MR) is 89.3 cm³/mol. The summed E-state index contributed by atoms with van der Waals surface area (Å²) in [6.07, 6.45) is 2.39. The van der Waals surface area contributed by atoms with Crippen LogP contribution in [0.5, 0.6) is 0 Å². The Bertz CT molecular complexity index is 492. The van der Waals surface area contributed by atoms with E-state index < -0.39 is 11.5 Å². The molecule has 0 aliphatic rings. The van der Waals surface area contributed by atoms with Gasteiger partial charge in [0.1, 0.15) is 5.60 Å². The normalized spacial score (nSPS) is 12.3. The summed E-state index contributed by atoms with van der Waals surface area (Å²) in [4.78, 5) is 12.2. The van der Waals surface area contributed by atoms with Crippen LogP contribution >= 0.6 is 15.9 Å². The van der Waals surface area contributed by atoms with Crippen LogP contribution in [-0.2, 0) is 4.79 Å². The molecule has 1 aromatic rings. The summed E-state index contributed by atoms with van der Waals surface area (Å²) >= 11 is 3.37. The zero-order valence-electron chi connectivity index (χ0n) is 12.8. The van der Waals surface area contributed by atoms with Gasteiger partial charge in [-0.2, -0.15) is 5.10 Å². The number of hydrazone groups is 1.